The zero-order valence-corrected chi connectivity index (χ0v) is 13.4. The Balaban J connectivity index is 2.21. The fraction of sp³-hybridized carbons (Fsp3) is 0.263. The molecule has 0 aliphatic heterocycles. The molecule has 1 N–H and O–H groups in total. The number of rotatable bonds is 8. The third-order valence-corrected chi connectivity index (χ3v) is 3.38. The molecule has 2 aromatic rings. The largest absolute Gasteiger partial charge is 0.494 e. The lowest BCUT2D eigenvalue weighted by atomic mass is 9.96. The van der Waals surface area contributed by atoms with Gasteiger partial charge in [0.2, 0.25) is 0 Å². The molecule has 0 saturated heterocycles. The first-order valence-corrected chi connectivity index (χ1v) is 7.58. The van der Waals surface area contributed by atoms with E-state index in [9.17, 15) is 4.79 Å². The van der Waals surface area contributed by atoms with Gasteiger partial charge >= 0.3 is 5.97 Å². The average molecular weight is 313 g/mol. The van der Waals surface area contributed by atoms with Gasteiger partial charge < -0.3 is 14.6 Å². The normalized spacial score (nSPS) is 10.6. The van der Waals surface area contributed by atoms with Crippen molar-refractivity contribution in [1.82, 2.24) is 0 Å². The van der Waals surface area contributed by atoms with Gasteiger partial charge in [-0.05, 0) is 18.6 Å². The molecule has 0 bridgehead atoms. The summed E-state index contributed by atoms with van der Waals surface area (Å²) in [5.74, 6) is 1.25. The maximum absolute atomic E-state index is 11.0. The standard InChI is InChI=1S/C19H21O4/c1-3-22-16-9-10-17(14(2)11-19(20)21)18(12-16)23-13-15-7-5-4-6-8-15/h4-10,12H,3,11,13H2,1-2H3,(H,20,21). The summed E-state index contributed by atoms with van der Waals surface area (Å²) in [6, 6.07) is 15.3. The molecule has 0 heterocycles. The monoisotopic (exact) mass is 313 g/mol. The van der Waals surface area contributed by atoms with Crippen LogP contribution in [0.25, 0.3) is 0 Å². The van der Waals surface area contributed by atoms with E-state index >= 15 is 0 Å². The predicted molar refractivity (Wildman–Crippen MR) is 88.7 cm³/mol. The average Bonchev–Trinajstić information content (AvgIpc) is 2.53. The Morgan fingerprint density at radius 3 is 2.48 bits per heavy atom. The number of aliphatic carboxylic acids is 1. The third-order valence-electron chi connectivity index (χ3n) is 3.38. The van der Waals surface area contributed by atoms with Gasteiger partial charge in [0, 0.05) is 17.5 Å². The number of ether oxygens (including phenoxy) is 2. The number of carboxylic acids is 1. The molecule has 23 heavy (non-hydrogen) atoms. The van der Waals surface area contributed by atoms with E-state index in [2.05, 4.69) is 0 Å². The lowest BCUT2D eigenvalue weighted by molar-refractivity contribution is -0.136. The summed E-state index contributed by atoms with van der Waals surface area (Å²) in [5, 5.41) is 9.00. The van der Waals surface area contributed by atoms with Crippen LogP contribution in [0.2, 0.25) is 0 Å². The van der Waals surface area contributed by atoms with Crippen molar-refractivity contribution >= 4 is 5.97 Å². The van der Waals surface area contributed by atoms with E-state index in [-0.39, 0.29) is 6.42 Å². The molecular weight excluding hydrogens is 292 g/mol. The van der Waals surface area contributed by atoms with E-state index in [1.165, 1.54) is 0 Å². The Kier molecular flexibility index (Phi) is 6.03. The fourth-order valence-corrected chi connectivity index (χ4v) is 2.29. The Hall–Kier alpha value is -2.49. The van der Waals surface area contributed by atoms with Gasteiger partial charge in [0.05, 0.1) is 13.0 Å². The first-order valence-electron chi connectivity index (χ1n) is 7.58. The molecule has 4 heteroatoms. The molecule has 0 aliphatic carbocycles. The minimum atomic E-state index is -0.856. The molecular formula is C19H21O4. The van der Waals surface area contributed by atoms with Gasteiger partial charge in [-0.1, -0.05) is 43.3 Å². The summed E-state index contributed by atoms with van der Waals surface area (Å²) in [4.78, 5) is 11.0. The first kappa shape index (κ1) is 16.9. The van der Waals surface area contributed by atoms with Crippen LogP contribution in [0.1, 0.15) is 31.4 Å². The molecule has 0 amide bonds. The van der Waals surface area contributed by atoms with Crippen LogP contribution in [-0.4, -0.2) is 17.7 Å². The SMILES string of the molecule is CCOc1ccc([C](C)CC(=O)O)c(OCc2ccccc2)c1. The van der Waals surface area contributed by atoms with Crippen molar-refractivity contribution in [3.8, 4) is 11.5 Å². The van der Waals surface area contributed by atoms with Gasteiger partial charge in [0.1, 0.15) is 18.1 Å². The van der Waals surface area contributed by atoms with Gasteiger partial charge in [-0.25, -0.2) is 0 Å². The quantitative estimate of drug-likeness (QED) is 0.798. The molecule has 121 valence electrons. The number of carboxylic acid groups (broad SMARTS) is 1. The molecule has 0 aliphatic rings. The Morgan fingerprint density at radius 1 is 1.09 bits per heavy atom. The van der Waals surface area contributed by atoms with Crippen LogP contribution in [0.5, 0.6) is 11.5 Å². The van der Waals surface area contributed by atoms with Crippen molar-refractivity contribution in [3.05, 3.63) is 65.6 Å². The molecule has 2 rings (SSSR count). The van der Waals surface area contributed by atoms with Crippen LogP contribution in [0, 0.1) is 5.92 Å². The van der Waals surface area contributed by atoms with Gasteiger partial charge in [-0.2, -0.15) is 0 Å². The Morgan fingerprint density at radius 2 is 1.83 bits per heavy atom. The van der Waals surface area contributed by atoms with Crippen molar-refractivity contribution in [2.75, 3.05) is 6.61 Å². The molecule has 0 spiro atoms. The van der Waals surface area contributed by atoms with Gasteiger partial charge in [-0.15, -0.1) is 0 Å². The van der Waals surface area contributed by atoms with Crippen LogP contribution in [0.4, 0.5) is 0 Å². The highest BCUT2D eigenvalue weighted by Gasteiger charge is 2.17. The predicted octanol–water partition coefficient (Wildman–Crippen LogP) is 4.08. The molecule has 0 saturated carbocycles. The van der Waals surface area contributed by atoms with E-state index in [4.69, 9.17) is 14.6 Å². The summed E-state index contributed by atoms with van der Waals surface area (Å²) < 4.78 is 11.4. The molecule has 1 radical (unpaired) electrons. The van der Waals surface area contributed by atoms with Crippen molar-refractivity contribution in [2.45, 2.75) is 26.9 Å². The van der Waals surface area contributed by atoms with Crippen molar-refractivity contribution < 1.29 is 19.4 Å². The van der Waals surface area contributed by atoms with E-state index in [1.54, 1.807) is 6.92 Å². The summed E-state index contributed by atoms with van der Waals surface area (Å²) in [5.41, 5.74) is 1.85. The lowest BCUT2D eigenvalue weighted by Gasteiger charge is -2.17. The van der Waals surface area contributed by atoms with Crippen LogP contribution in [-0.2, 0) is 11.4 Å². The van der Waals surface area contributed by atoms with Gasteiger partial charge in [-0.3, -0.25) is 4.79 Å². The zero-order valence-electron chi connectivity index (χ0n) is 13.4. The van der Waals surface area contributed by atoms with E-state index < -0.39 is 5.97 Å². The smallest absolute Gasteiger partial charge is 0.304 e. The van der Waals surface area contributed by atoms with Crippen LogP contribution in [0.3, 0.4) is 0 Å². The van der Waals surface area contributed by atoms with Crippen molar-refractivity contribution in [1.29, 1.82) is 0 Å². The van der Waals surface area contributed by atoms with E-state index in [0.717, 1.165) is 17.0 Å². The van der Waals surface area contributed by atoms with Crippen molar-refractivity contribution in [3.63, 3.8) is 0 Å². The van der Waals surface area contributed by atoms with Crippen LogP contribution >= 0.6 is 0 Å². The minimum Gasteiger partial charge on any atom is -0.494 e. The third kappa shape index (κ3) is 5.02. The second kappa shape index (κ2) is 8.22. The molecule has 0 fully saturated rings. The zero-order chi connectivity index (χ0) is 16.7. The second-order valence-electron chi connectivity index (χ2n) is 5.22. The highest BCUT2D eigenvalue weighted by atomic mass is 16.5. The molecule has 0 atom stereocenters. The Labute approximate surface area is 136 Å². The van der Waals surface area contributed by atoms with Gasteiger partial charge in [0.25, 0.3) is 0 Å². The summed E-state index contributed by atoms with van der Waals surface area (Å²) in [6.07, 6.45) is -0.0182. The summed E-state index contributed by atoms with van der Waals surface area (Å²) >= 11 is 0. The number of hydrogen-bond acceptors (Lipinski definition) is 3. The molecule has 0 unspecified atom stereocenters. The lowest BCUT2D eigenvalue weighted by Crippen LogP contribution is -2.07. The highest BCUT2D eigenvalue weighted by Crippen LogP contribution is 2.32. The highest BCUT2D eigenvalue weighted by molar-refractivity contribution is 5.71. The van der Waals surface area contributed by atoms with Gasteiger partial charge in [0.15, 0.2) is 0 Å². The number of benzene rings is 2. The van der Waals surface area contributed by atoms with Crippen LogP contribution in [0.15, 0.2) is 48.5 Å². The number of carbonyl (C=O) groups is 1. The molecule has 4 nitrogen and oxygen atoms in total. The topological polar surface area (TPSA) is 55.8 Å². The van der Waals surface area contributed by atoms with E-state index in [1.807, 2.05) is 55.5 Å². The molecule has 0 aromatic heterocycles. The maximum Gasteiger partial charge on any atom is 0.304 e. The first-order chi connectivity index (χ1) is 11.1. The van der Waals surface area contributed by atoms with Crippen molar-refractivity contribution in [2.24, 2.45) is 0 Å². The maximum atomic E-state index is 11.0. The van der Waals surface area contributed by atoms with Crippen LogP contribution < -0.4 is 9.47 Å². The fourth-order valence-electron chi connectivity index (χ4n) is 2.29. The summed E-state index contributed by atoms with van der Waals surface area (Å²) in [7, 11) is 0. The Bertz CT molecular complexity index is 637. The summed E-state index contributed by atoms with van der Waals surface area (Å²) in [6.45, 7) is 4.71. The minimum absolute atomic E-state index is 0.0182. The second-order valence-corrected chi connectivity index (χ2v) is 5.22. The molecule has 2 aromatic carbocycles. The van der Waals surface area contributed by atoms with E-state index in [0.29, 0.717) is 24.7 Å². The number of hydrogen-bond donors (Lipinski definition) is 1.